The lowest BCUT2D eigenvalue weighted by Crippen LogP contribution is -2.03. The first-order chi connectivity index (χ1) is 9.51. The van der Waals surface area contributed by atoms with Crippen molar-refractivity contribution < 1.29 is 19.4 Å². The number of aromatic nitrogens is 2. The molecule has 1 heterocycles. The molecule has 20 heavy (non-hydrogen) atoms. The number of halogens is 1. The second-order valence-electron chi connectivity index (χ2n) is 4.57. The molecule has 0 saturated carbocycles. The number of aliphatic hydroxyl groups excluding tert-OH is 1. The van der Waals surface area contributed by atoms with Crippen LogP contribution < -0.4 is 0 Å². The molecule has 0 aliphatic rings. The zero-order chi connectivity index (χ0) is 14.7. The number of carboxylic acid groups (broad SMARTS) is 1. The first kappa shape index (κ1) is 14.2. The quantitative estimate of drug-likeness (QED) is 0.876. The molecule has 1 aromatic carbocycles. The molecule has 0 spiro atoms. The summed E-state index contributed by atoms with van der Waals surface area (Å²) < 4.78 is 14.7. The van der Waals surface area contributed by atoms with Gasteiger partial charge >= 0.3 is 5.97 Å². The van der Waals surface area contributed by atoms with Crippen molar-refractivity contribution in [2.75, 3.05) is 6.61 Å². The first-order valence-corrected chi connectivity index (χ1v) is 6.21. The minimum absolute atomic E-state index is 0.0245. The molecular weight excluding hydrogens is 263 g/mol. The Morgan fingerprint density at radius 3 is 2.75 bits per heavy atom. The van der Waals surface area contributed by atoms with Gasteiger partial charge in [0.2, 0.25) is 0 Å². The molecule has 0 aliphatic heterocycles. The molecule has 0 atom stereocenters. The molecule has 0 fully saturated rings. The predicted octanol–water partition coefficient (Wildman–Crippen LogP) is 1.94. The highest BCUT2D eigenvalue weighted by atomic mass is 19.1. The number of aryl methyl sites for hydroxylation is 2. The maximum Gasteiger partial charge on any atom is 0.356 e. The third-order valence-corrected chi connectivity index (χ3v) is 2.89. The van der Waals surface area contributed by atoms with Gasteiger partial charge in [0.15, 0.2) is 5.69 Å². The van der Waals surface area contributed by atoms with Gasteiger partial charge in [0.25, 0.3) is 0 Å². The maximum absolute atomic E-state index is 13.4. The zero-order valence-electron chi connectivity index (χ0n) is 11.0. The van der Waals surface area contributed by atoms with Crippen LogP contribution in [0.15, 0.2) is 24.4 Å². The number of nitrogens with zero attached hydrogens (tertiary/aromatic N) is 2. The van der Waals surface area contributed by atoms with Gasteiger partial charge in [0, 0.05) is 18.4 Å². The van der Waals surface area contributed by atoms with Gasteiger partial charge in [-0.1, -0.05) is 0 Å². The number of aromatic carboxylic acids is 1. The van der Waals surface area contributed by atoms with E-state index in [0.717, 1.165) is 5.56 Å². The smallest absolute Gasteiger partial charge is 0.356 e. The Morgan fingerprint density at radius 1 is 1.40 bits per heavy atom. The first-order valence-electron chi connectivity index (χ1n) is 6.21. The molecule has 5 nitrogen and oxygen atoms in total. The average molecular weight is 278 g/mol. The monoisotopic (exact) mass is 278 g/mol. The summed E-state index contributed by atoms with van der Waals surface area (Å²) in [5.74, 6) is -1.53. The van der Waals surface area contributed by atoms with Crippen LogP contribution in [0.4, 0.5) is 4.39 Å². The van der Waals surface area contributed by atoms with E-state index in [1.165, 1.54) is 16.8 Å². The number of carbonyl (C=O) groups is 1. The van der Waals surface area contributed by atoms with Crippen molar-refractivity contribution in [2.45, 2.75) is 19.8 Å². The normalized spacial score (nSPS) is 10.8. The Kier molecular flexibility index (Phi) is 4.14. The van der Waals surface area contributed by atoms with Crippen LogP contribution >= 0.6 is 0 Å². The lowest BCUT2D eigenvalue weighted by Gasteiger charge is -2.02. The Bertz CT molecular complexity index is 617. The molecular formula is C14H15FN2O3. The molecule has 1 aromatic heterocycles. The number of hydrogen-bond acceptors (Lipinski definition) is 3. The molecule has 0 bridgehead atoms. The van der Waals surface area contributed by atoms with E-state index in [9.17, 15) is 9.18 Å². The standard InChI is InChI=1S/C14H15FN2O3/c1-9-5-11(15)7-12(6-9)17-8-10(3-2-4-18)13(16-17)14(19)20/h5-8,18H,2-4H2,1H3,(H,19,20). The van der Waals surface area contributed by atoms with Gasteiger partial charge in [-0.3, -0.25) is 0 Å². The molecule has 0 aliphatic carbocycles. The second-order valence-corrected chi connectivity index (χ2v) is 4.57. The van der Waals surface area contributed by atoms with Crippen molar-refractivity contribution in [3.05, 3.63) is 47.0 Å². The fraction of sp³-hybridized carbons (Fsp3) is 0.286. The van der Waals surface area contributed by atoms with Crippen LogP contribution in [-0.4, -0.2) is 32.6 Å². The summed E-state index contributed by atoms with van der Waals surface area (Å²) in [5.41, 5.74) is 1.65. The summed E-state index contributed by atoms with van der Waals surface area (Å²) >= 11 is 0. The fourth-order valence-corrected chi connectivity index (χ4v) is 2.02. The number of benzene rings is 1. The van der Waals surface area contributed by atoms with Gasteiger partial charge in [0.1, 0.15) is 5.82 Å². The molecule has 2 N–H and O–H groups in total. The van der Waals surface area contributed by atoms with Gasteiger partial charge in [-0.05, 0) is 43.5 Å². The van der Waals surface area contributed by atoms with Gasteiger partial charge in [-0.25, -0.2) is 13.9 Å². The van der Waals surface area contributed by atoms with Crippen molar-refractivity contribution in [2.24, 2.45) is 0 Å². The molecule has 2 aromatic rings. The van der Waals surface area contributed by atoms with E-state index in [4.69, 9.17) is 10.2 Å². The van der Waals surface area contributed by atoms with Crippen LogP contribution in [0.25, 0.3) is 5.69 Å². The molecule has 0 amide bonds. The van der Waals surface area contributed by atoms with E-state index in [0.29, 0.717) is 24.1 Å². The molecule has 6 heteroatoms. The Hall–Kier alpha value is -2.21. The highest BCUT2D eigenvalue weighted by molar-refractivity contribution is 5.87. The summed E-state index contributed by atoms with van der Waals surface area (Å²) in [6.45, 7) is 1.73. The maximum atomic E-state index is 13.4. The van der Waals surface area contributed by atoms with Crippen molar-refractivity contribution in [3.8, 4) is 5.69 Å². The van der Waals surface area contributed by atoms with Crippen molar-refractivity contribution >= 4 is 5.97 Å². The van der Waals surface area contributed by atoms with E-state index in [1.807, 2.05) is 0 Å². The minimum atomic E-state index is -1.13. The summed E-state index contributed by atoms with van der Waals surface area (Å²) in [5, 5.41) is 21.9. The van der Waals surface area contributed by atoms with Crippen LogP contribution in [0, 0.1) is 12.7 Å². The van der Waals surface area contributed by atoms with Crippen LogP contribution in [0.3, 0.4) is 0 Å². The van der Waals surface area contributed by atoms with Crippen LogP contribution in [0.2, 0.25) is 0 Å². The highest BCUT2D eigenvalue weighted by Crippen LogP contribution is 2.17. The molecule has 0 radical (unpaired) electrons. The lowest BCUT2D eigenvalue weighted by atomic mass is 10.1. The van der Waals surface area contributed by atoms with E-state index in [1.54, 1.807) is 19.2 Å². The number of carboxylic acids is 1. The van der Waals surface area contributed by atoms with E-state index < -0.39 is 11.8 Å². The number of hydrogen-bond donors (Lipinski definition) is 2. The largest absolute Gasteiger partial charge is 0.476 e. The second kappa shape index (κ2) is 5.83. The molecule has 0 unspecified atom stereocenters. The fourth-order valence-electron chi connectivity index (χ4n) is 2.02. The summed E-state index contributed by atoms with van der Waals surface area (Å²) in [4.78, 5) is 11.2. The Balaban J connectivity index is 2.44. The van der Waals surface area contributed by atoms with E-state index in [2.05, 4.69) is 5.10 Å². The Morgan fingerprint density at radius 2 is 2.15 bits per heavy atom. The van der Waals surface area contributed by atoms with Gasteiger partial charge in [-0.15, -0.1) is 0 Å². The SMILES string of the molecule is Cc1cc(F)cc(-n2cc(CCCO)c(C(=O)O)n2)c1. The van der Waals surface area contributed by atoms with E-state index >= 15 is 0 Å². The van der Waals surface area contributed by atoms with Crippen molar-refractivity contribution in [3.63, 3.8) is 0 Å². The minimum Gasteiger partial charge on any atom is -0.476 e. The van der Waals surface area contributed by atoms with Gasteiger partial charge in [-0.2, -0.15) is 5.10 Å². The molecule has 0 saturated heterocycles. The average Bonchev–Trinajstić information content (AvgIpc) is 2.79. The van der Waals surface area contributed by atoms with Crippen LogP contribution in [-0.2, 0) is 6.42 Å². The van der Waals surface area contributed by atoms with Gasteiger partial charge in [0.05, 0.1) is 5.69 Å². The summed E-state index contributed by atoms with van der Waals surface area (Å²) in [6.07, 6.45) is 2.42. The summed E-state index contributed by atoms with van der Waals surface area (Å²) in [7, 11) is 0. The third-order valence-electron chi connectivity index (χ3n) is 2.89. The Labute approximate surface area is 115 Å². The number of rotatable bonds is 5. The summed E-state index contributed by atoms with van der Waals surface area (Å²) in [6, 6.07) is 4.40. The topological polar surface area (TPSA) is 75.4 Å². The highest BCUT2D eigenvalue weighted by Gasteiger charge is 2.16. The van der Waals surface area contributed by atoms with Crippen LogP contribution in [0.1, 0.15) is 28.0 Å². The van der Waals surface area contributed by atoms with Gasteiger partial charge < -0.3 is 10.2 Å². The zero-order valence-corrected chi connectivity index (χ0v) is 11.0. The molecule has 106 valence electrons. The van der Waals surface area contributed by atoms with Crippen molar-refractivity contribution in [1.82, 2.24) is 9.78 Å². The van der Waals surface area contributed by atoms with Crippen molar-refractivity contribution in [1.29, 1.82) is 0 Å². The molecule has 2 rings (SSSR count). The third kappa shape index (κ3) is 3.03. The predicted molar refractivity (Wildman–Crippen MR) is 70.6 cm³/mol. The van der Waals surface area contributed by atoms with Crippen LogP contribution in [0.5, 0.6) is 0 Å². The lowest BCUT2D eigenvalue weighted by molar-refractivity contribution is 0.0688. The number of aliphatic hydroxyl groups is 1. The van der Waals surface area contributed by atoms with E-state index in [-0.39, 0.29) is 12.3 Å².